The molecular weight excluding hydrogens is 214 g/mol. The Morgan fingerprint density at radius 2 is 1.88 bits per heavy atom. The summed E-state index contributed by atoms with van der Waals surface area (Å²) in [7, 11) is 1.66. The van der Waals surface area contributed by atoms with Gasteiger partial charge in [0.2, 0.25) is 0 Å². The minimum Gasteiger partial charge on any atom is -0.497 e. The summed E-state index contributed by atoms with van der Waals surface area (Å²) >= 11 is 0. The van der Waals surface area contributed by atoms with E-state index in [9.17, 15) is 0 Å². The Bertz CT molecular complexity index is 511. The van der Waals surface area contributed by atoms with Crippen LogP contribution in [-0.4, -0.2) is 18.8 Å². The molecule has 90 valence electrons. The number of nitrogens with two attached hydrogens (primary N) is 1. The lowest BCUT2D eigenvalue weighted by Gasteiger charge is -2.11. The Kier molecular flexibility index (Phi) is 3.61. The van der Waals surface area contributed by atoms with E-state index in [-0.39, 0.29) is 12.6 Å². The van der Waals surface area contributed by atoms with Gasteiger partial charge in [0.15, 0.2) is 0 Å². The first-order valence-electron chi connectivity index (χ1n) is 5.68. The summed E-state index contributed by atoms with van der Waals surface area (Å²) in [6.07, 6.45) is 0.585. The quantitative estimate of drug-likeness (QED) is 0.848. The van der Waals surface area contributed by atoms with E-state index in [0.717, 1.165) is 22.1 Å². The van der Waals surface area contributed by atoms with Crippen LogP contribution >= 0.6 is 0 Å². The average Bonchev–Trinajstić information content (AvgIpc) is 2.37. The van der Waals surface area contributed by atoms with Crippen molar-refractivity contribution in [2.75, 3.05) is 13.7 Å². The van der Waals surface area contributed by atoms with Crippen LogP contribution in [0.4, 0.5) is 0 Å². The first-order chi connectivity index (χ1) is 8.24. The van der Waals surface area contributed by atoms with Crippen LogP contribution in [0.15, 0.2) is 36.4 Å². The molecule has 0 aromatic heterocycles. The minimum atomic E-state index is -0.105. The predicted octanol–water partition coefficient (Wildman–Crippen LogP) is 2.23. The van der Waals surface area contributed by atoms with Crippen LogP contribution in [0.25, 0.3) is 10.8 Å². The summed E-state index contributed by atoms with van der Waals surface area (Å²) in [5, 5.41) is 11.1. The Balaban J connectivity index is 2.37. The van der Waals surface area contributed by atoms with Crippen molar-refractivity contribution in [3.05, 3.63) is 42.0 Å². The monoisotopic (exact) mass is 231 g/mol. The third-order valence-corrected chi connectivity index (χ3v) is 2.94. The van der Waals surface area contributed by atoms with Crippen molar-refractivity contribution in [1.29, 1.82) is 0 Å². The van der Waals surface area contributed by atoms with Gasteiger partial charge in [-0.2, -0.15) is 0 Å². The van der Waals surface area contributed by atoms with Gasteiger partial charge in [0.25, 0.3) is 0 Å². The Labute approximate surface area is 101 Å². The standard InChI is InChI=1S/C14H17NO2/c1-17-13-5-4-10-8-12(14(15)6-7-16)3-2-11(10)9-13/h2-5,8-9,14,16H,6-7,15H2,1H3/t14-/m0/s1. The predicted molar refractivity (Wildman–Crippen MR) is 69.1 cm³/mol. The highest BCUT2D eigenvalue weighted by molar-refractivity contribution is 5.84. The van der Waals surface area contributed by atoms with E-state index < -0.39 is 0 Å². The summed E-state index contributed by atoms with van der Waals surface area (Å²) < 4.78 is 5.18. The van der Waals surface area contributed by atoms with Crippen molar-refractivity contribution in [3.8, 4) is 5.75 Å². The van der Waals surface area contributed by atoms with Gasteiger partial charge >= 0.3 is 0 Å². The van der Waals surface area contributed by atoms with Crippen LogP contribution in [0.3, 0.4) is 0 Å². The van der Waals surface area contributed by atoms with Crippen LogP contribution in [-0.2, 0) is 0 Å². The molecule has 0 saturated heterocycles. The summed E-state index contributed by atoms with van der Waals surface area (Å²) in [6.45, 7) is 0.113. The van der Waals surface area contributed by atoms with Crippen LogP contribution in [0, 0.1) is 0 Å². The summed E-state index contributed by atoms with van der Waals surface area (Å²) in [4.78, 5) is 0. The first-order valence-corrected chi connectivity index (χ1v) is 5.68. The molecular formula is C14H17NO2. The Morgan fingerprint density at radius 3 is 2.59 bits per heavy atom. The zero-order valence-corrected chi connectivity index (χ0v) is 9.89. The number of benzene rings is 2. The van der Waals surface area contributed by atoms with Gasteiger partial charge in [-0.05, 0) is 41.0 Å². The minimum absolute atomic E-state index is 0.105. The molecule has 0 fully saturated rings. The van der Waals surface area contributed by atoms with Crippen molar-refractivity contribution >= 4 is 10.8 Å². The van der Waals surface area contributed by atoms with Crippen molar-refractivity contribution in [2.24, 2.45) is 5.73 Å². The molecule has 0 bridgehead atoms. The van der Waals surface area contributed by atoms with Gasteiger partial charge in [0, 0.05) is 12.6 Å². The highest BCUT2D eigenvalue weighted by atomic mass is 16.5. The van der Waals surface area contributed by atoms with E-state index in [1.807, 2.05) is 30.3 Å². The zero-order chi connectivity index (χ0) is 12.3. The average molecular weight is 231 g/mol. The maximum absolute atomic E-state index is 8.88. The smallest absolute Gasteiger partial charge is 0.119 e. The molecule has 0 unspecified atom stereocenters. The molecule has 0 aliphatic carbocycles. The third-order valence-electron chi connectivity index (χ3n) is 2.94. The fraction of sp³-hybridized carbons (Fsp3) is 0.286. The van der Waals surface area contributed by atoms with Gasteiger partial charge in [-0.3, -0.25) is 0 Å². The lowest BCUT2D eigenvalue weighted by atomic mass is 10.0. The van der Waals surface area contributed by atoms with Crippen molar-refractivity contribution < 1.29 is 9.84 Å². The van der Waals surface area contributed by atoms with Crippen molar-refractivity contribution in [3.63, 3.8) is 0 Å². The molecule has 0 amide bonds. The second kappa shape index (κ2) is 5.17. The molecule has 2 aromatic carbocycles. The fourth-order valence-electron chi connectivity index (χ4n) is 1.91. The lowest BCUT2D eigenvalue weighted by Crippen LogP contribution is -2.11. The first kappa shape index (κ1) is 11.9. The number of ether oxygens (including phenoxy) is 1. The molecule has 2 aromatic rings. The molecule has 17 heavy (non-hydrogen) atoms. The maximum atomic E-state index is 8.88. The van der Waals surface area contributed by atoms with Crippen LogP contribution in [0.5, 0.6) is 5.75 Å². The molecule has 1 atom stereocenters. The van der Waals surface area contributed by atoms with Crippen LogP contribution in [0.2, 0.25) is 0 Å². The van der Waals surface area contributed by atoms with E-state index in [2.05, 4.69) is 6.07 Å². The Morgan fingerprint density at radius 1 is 1.18 bits per heavy atom. The van der Waals surface area contributed by atoms with E-state index in [1.54, 1.807) is 7.11 Å². The van der Waals surface area contributed by atoms with E-state index in [1.165, 1.54) is 0 Å². The van der Waals surface area contributed by atoms with E-state index in [0.29, 0.717) is 6.42 Å². The van der Waals surface area contributed by atoms with Gasteiger partial charge in [-0.25, -0.2) is 0 Å². The zero-order valence-electron chi connectivity index (χ0n) is 9.89. The third kappa shape index (κ3) is 2.57. The molecule has 0 heterocycles. The number of hydrogen-bond donors (Lipinski definition) is 2. The molecule has 3 N–H and O–H groups in total. The molecule has 2 rings (SSSR count). The lowest BCUT2D eigenvalue weighted by molar-refractivity contribution is 0.276. The van der Waals surface area contributed by atoms with E-state index >= 15 is 0 Å². The molecule has 0 saturated carbocycles. The second-order valence-electron chi connectivity index (χ2n) is 4.09. The molecule has 3 heteroatoms. The molecule has 0 aliphatic rings. The molecule has 0 spiro atoms. The molecule has 3 nitrogen and oxygen atoms in total. The highest BCUT2D eigenvalue weighted by Crippen LogP contribution is 2.24. The number of aliphatic hydroxyl groups excluding tert-OH is 1. The highest BCUT2D eigenvalue weighted by Gasteiger charge is 2.06. The number of rotatable bonds is 4. The number of hydrogen-bond acceptors (Lipinski definition) is 3. The van der Waals surface area contributed by atoms with Crippen LogP contribution < -0.4 is 10.5 Å². The fourth-order valence-corrected chi connectivity index (χ4v) is 1.91. The maximum Gasteiger partial charge on any atom is 0.119 e. The SMILES string of the molecule is COc1ccc2cc([C@@H](N)CCO)ccc2c1. The van der Waals surface area contributed by atoms with Gasteiger partial charge in [0.05, 0.1) is 7.11 Å². The van der Waals surface area contributed by atoms with Gasteiger partial charge in [0.1, 0.15) is 5.75 Å². The van der Waals surface area contributed by atoms with Crippen LogP contribution in [0.1, 0.15) is 18.0 Å². The van der Waals surface area contributed by atoms with Gasteiger partial charge in [-0.15, -0.1) is 0 Å². The number of aliphatic hydroxyl groups is 1. The van der Waals surface area contributed by atoms with E-state index in [4.69, 9.17) is 15.6 Å². The summed E-state index contributed by atoms with van der Waals surface area (Å²) in [6, 6.07) is 11.9. The topological polar surface area (TPSA) is 55.5 Å². The van der Waals surface area contributed by atoms with Crippen molar-refractivity contribution in [1.82, 2.24) is 0 Å². The summed E-state index contributed by atoms with van der Waals surface area (Å²) in [5.74, 6) is 0.852. The van der Waals surface area contributed by atoms with Gasteiger partial charge in [-0.1, -0.05) is 18.2 Å². The number of fused-ring (bicyclic) bond motifs is 1. The molecule has 0 radical (unpaired) electrons. The number of methoxy groups -OCH3 is 1. The largest absolute Gasteiger partial charge is 0.497 e. The Hall–Kier alpha value is -1.58. The normalized spacial score (nSPS) is 12.6. The summed E-state index contributed by atoms with van der Waals surface area (Å²) in [5.41, 5.74) is 7.02. The van der Waals surface area contributed by atoms with Gasteiger partial charge < -0.3 is 15.6 Å². The van der Waals surface area contributed by atoms with Crippen molar-refractivity contribution in [2.45, 2.75) is 12.5 Å². The second-order valence-corrected chi connectivity index (χ2v) is 4.09. The molecule has 0 aliphatic heterocycles.